The van der Waals surface area contributed by atoms with Crippen LogP contribution in [0.3, 0.4) is 0 Å². The SMILES string of the molecule is Cc1cc(N2CCCC(C)C2)nc(Nc2ccc(F)c(F)c2F)n1. The van der Waals surface area contributed by atoms with Gasteiger partial charge in [0.25, 0.3) is 0 Å². The maximum absolute atomic E-state index is 13.8. The number of anilines is 3. The van der Waals surface area contributed by atoms with Gasteiger partial charge in [-0.3, -0.25) is 0 Å². The summed E-state index contributed by atoms with van der Waals surface area (Å²) < 4.78 is 40.2. The van der Waals surface area contributed by atoms with Crippen molar-refractivity contribution in [3.63, 3.8) is 0 Å². The van der Waals surface area contributed by atoms with Gasteiger partial charge in [0.15, 0.2) is 17.5 Å². The Balaban J connectivity index is 1.88. The van der Waals surface area contributed by atoms with Gasteiger partial charge in [-0.05, 0) is 37.8 Å². The summed E-state index contributed by atoms with van der Waals surface area (Å²) in [5, 5.41) is 2.64. The van der Waals surface area contributed by atoms with Crippen molar-refractivity contribution in [2.75, 3.05) is 23.3 Å². The normalized spacial score (nSPS) is 17.9. The smallest absolute Gasteiger partial charge is 0.229 e. The largest absolute Gasteiger partial charge is 0.356 e. The average Bonchev–Trinajstić information content (AvgIpc) is 2.55. The van der Waals surface area contributed by atoms with Crippen molar-refractivity contribution in [1.29, 1.82) is 0 Å². The lowest BCUT2D eigenvalue weighted by Crippen LogP contribution is -2.35. The summed E-state index contributed by atoms with van der Waals surface area (Å²) in [6.45, 7) is 5.80. The predicted molar refractivity (Wildman–Crippen MR) is 87.0 cm³/mol. The lowest BCUT2D eigenvalue weighted by Gasteiger charge is -2.32. The molecule has 2 aromatic rings. The van der Waals surface area contributed by atoms with E-state index in [1.807, 2.05) is 13.0 Å². The first kappa shape index (κ1) is 16.5. The molecule has 1 aromatic carbocycles. The van der Waals surface area contributed by atoms with Gasteiger partial charge in [0, 0.05) is 24.8 Å². The monoisotopic (exact) mass is 336 g/mol. The highest BCUT2D eigenvalue weighted by Crippen LogP contribution is 2.25. The summed E-state index contributed by atoms with van der Waals surface area (Å²) >= 11 is 0. The molecule has 1 aliphatic rings. The molecule has 4 nitrogen and oxygen atoms in total. The van der Waals surface area contributed by atoms with Crippen LogP contribution in [0.25, 0.3) is 0 Å². The summed E-state index contributed by atoms with van der Waals surface area (Å²) in [5.74, 6) is -2.54. The lowest BCUT2D eigenvalue weighted by molar-refractivity contribution is 0.444. The van der Waals surface area contributed by atoms with Gasteiger partial charge in [-0.15, -0.1) is 0 Å². The molecule has 1 fully saturated rings. The number of hydrogen-bond donors (Lipinski definition) is 1. The zero-order chi connectivity index (χ0) is 17.3. The highest BCUT2D eigenvalue weighted by Gasteiger charge is 2.19. The standard InChI is InChI=1S/C17H19F3N4/c1-10-4-3-7-24(9-10)14-8-11(2)21-17(23-14)22-13-6-5-12(18)15(19)16(13)20/h5-6,8,10H,3-4,7,9H2,1-2H3,(H,21,22,23). The highest BCUT2D eigenvalue weighted by molar-refractivity contribution is 5.56. The fraction of sp³-hybridized carbons (Fsp3) is 0.412. The van der Waals surface area contributed by atoms with Gasteiger partial charge in [0.05, 0.1) is 5.69 Å². The molecule has 1 aliphatic heterocycles. The molecular formula is C17H19F3N4. The topological polar surface area (TPSA) is 41.1 Å². The Bertz CT molecular complexity index is 751. The molecule has 1 atom stereocenters. The molecular weight excluding hydrogens is 317 g/mol. The highest BCUT2D eigenvalue weighted by atomic mass is 19.2. The minimum atomic E-state index is -1.52. The second-order valence-electron chi connectivity index (χ2n) is 6.23. The Morgan fingerprint density at radius 1 is 1.17 bits per heavy atom. The fourth-order valence-electron chi connectivity index (χ4n) is 2.91. The third-order valence-electron chi connectivity index (χ3n) is 4.10. The van der Waals surface area contributed by atoms with Crippen molar-refractivity contribution in [1.82, 2.24) is 9.97 Å². The Morgan fingerprint density at radius 3 is 2.71 bits per heavy atom. The quantitative estimate of drug-likeness (QED) is 0.854. The van der Waals surface area contributed by atoms with Crippen molar-refractivity contribution in [3.05, 3.63) is 41.3 Å². The van der Waals surface area contributed by atoms with Crippen molar-refractivity contribution in [2.45, 2.75) is 26.7 Å². The number of aryl methyl sites for hydroxylation is 1. The maximum Gasteiger partial charge on any atom is 0.229 e. The number of rotatable bonds is 3. The van der Waals surface area contributed by atoms with E-state index in [0.29, 0.717) is 11.6 Å². The summed E-state index contributed by atoms with van der Waals surface area (Å²) in [4.78, 5) is 10.8. The molecule has 1 N–H and O–H groups in total. The first-order valence-corrected chi connectivity index (χ1v) is 7.95. The molecule has 7 heteroatoms. The van der Waals surface area contributed by atoms with E-state index in [9.17, 15) is 13.2 Å². The zero-order valence-electron chi connectivity index (χ0n) is 13.6. The molecule has 0 saturated carbocycles. The van der Waals surface area contributed by atoms with E-state index in [4.69, 9.17) is 0 Å². The van der Waals surface area contributed by atoms with E-state index in [2.05, 4.69) is 27.1 Å². The van der Waals surface area contributed by atoms with Crippen molar-refractivity contribution < 1.29 is 13.2 Å². The van der Waals surface area contributed by atoms with E-state index in [0.717, 1.165) is 37.5 Å². The van der Waals surface area contributed by atoms with E-state index >= 15 is 0 Å². The number of piperidine rings is 1. The van der Waals surface area contributed by atoms with Crippen LogP contribution < -0.4 is 10.2 Å². The van der Waals surface area contributed by atoms with Gasteiger partial charge < -0.3 is 10.2 Å². The Labute approximate surface area is 138 Å². The number of nitrogens with one attached hydrogen (secondary N) is 1. The third kappa shape index (κ3) is 3.44. The van der Waals surface area contributed by atoms with Crippen LogP contribution in [0.5, 0.6) is 0 Å². The lowest BCUT2D eigenvalue weighted by atomic mass is 10.0. The van der Waals surface area contributed by atoms with Gasteiger partial charge in [-0.25, -0.2) is 18.2 Å². The van der Waals surface area contributed by atoms with E-state index < -0.39 is 17.5 Å². The Kier molecular flexibility index (Phi) is 4.59. The molecule has 0 bridgehead atoms. The Hall–Kier alpha value is -2.31. The van der Waals surface area contributed by atoms with E-state index in [1.165, 1.54) is 6.42 Å². The maximum atomic E-state index is 13.8. The van der Waals surface area contributed by atoms with Gasteiger partial charge in [0.2, 0.25) is 5.95 Å². The average molecular weight is 336 g/mol. The van der Waals surface area contributed by atoms with Crippen molar-refractivity contribution >= 4 is 17.5 Å². The number of nitrogens with zero attached hydrogens (tertiary/aromatic N) is 3. The van der Waals surface area contributed by atoms with Crippen LogP contribution in [0.2, 0.25) is 0 Å². The van der Waals surface area contributed by atoms with Crippen molar-refractivity contribution in [2.24, 2.45) is 5.92 Å². The third-order valence-corrected chi connectivity index (χ3v) is 4.10. The molecule has 1 aromatic heterocycles. The molecule has 1 unspecified atom stereocenters. The van der Waals surface area contributed by atoms with Crippen LogP contribution in [-0.4, -0.2) is 23.1 Å². The molecule has 2 heterocycles. The van der Waals surface area contributed by atoms with Gasteiger partial charge in [-0.1, -0.05) is 6.92 Å². The van der Waals surface area contributed by atoms with Gasteiger partial charge in [-0.2, -0.15) is 4.98 Å². The van der Waals surface area contributed by atoms with Crippen LogP contribution in [0.1, 0.15) is 25.5 Å². The minimum absolute atomic E-state index is 0.160. The van der Waals surface area contributed by atoms with Crippen LogP contribution in [0, 0.1) is 30.3 Å². The number of halogens is 3. The number of benzene rings is 1. The molecule has 0 amide bonds. The second-order valence-corrected chi connectivity index (χ2v) is 6.23. The second kappa shape index (κ2) is 6.67. The fourth-order valence-corrected chi connectivity index (χ4v) is 2.91. The molecule has 1 saturated heterocycles. The van der Waals surface area contributed by atoms with Crippen LogP contribution in [-0.2, 0) is 0 Å². The first-order chi connectivity index (χ1) is 11.4. The van der Waals surface area contributed by atoms with Crippen molar-refractivity contribution in [3.8, 4) is 0 Å². The molecule has 0 aliphatic carbocycles. The zero-order valence-corrected chi connectivity index (χ0v) is 13.6. The van der Waals surface area contributed by atoms with Gasteiger partial charge >= 0.3 is 0 Å². The summed E-state index contributed by atoms with van der Waals surface area (Å²) in [6.07, 6.45) is 2.27. The van der Waals surface area contributed by atoms with Crippen LogP contribution >= 0.6 is 0 Å². The Morgan fingerprint density at radius 2 is 1.96 bits per heavy atom. The molecule has 3 rings (SSSR count). The molecule has 0 radical (unpaired) electrons. The summed E-state index contributed by atoms with van der Waals surface area (Å²) in [6, 6.07) is 3.86. The van der Waals surface area contributed by atoms with E-state index in [1.54, 1.807) is 0 Å². The minimum Gasteiger partial charge on any atom is -0.356 e. The molecule has 24 heavy (non-hydrogen) atoms. The number of hydrogen-bond acceptors (Lipinski definition) is 4. The summed E-state index contributed by atoms with van der Waals surface area (Å²) in [7, 11) is 0. The number of aromatic nitrogens is 2. The molecule has 128 valence electrons. The van der Waals surface area contributed by atoms with E-state index in [-0.39, 0.29) is 11.6 Å². The van der Waals surface area contributed by atoms with Gasteiger partial charge in [0.1, 0.15) is 5.82 Å². The predicted octanol–water partition coefficient (Wildman–Crippen LogP) is 4.18. The van der Waals surface area contributed by atoms with Crippen LogP contribution in [0.15, 0.2) is 18.2 Å². The summed E-state index contributed by atoms with van der Waals surface area (Å²) in [5.41, 5.74) is 0.515. The first-order valence-electron chi connectivity index (χ1n) is 7.95. The molecule has 0 spiro atoms. The van der Waals surface area contributed by atoms with Crippen LogP contribution in [0.4, 0.5) is 30.6 Å².